The largest absolute Gasteiger partial charge is 0.497 e. The molecule has 1 aliphatic rings. The van der Waals surface area contributed by atoms with Crippen molar-refractivity contribution in [3.63, 3.8) is 0 Å². The number of alkyl halides is 2. The van der Waals surface area contributed by atoms with Crippen molar-refractivity contribution in [3.05, 3.63) is 36.5 Å². The molecule has 1 amide bonds. The zero-order valence-corrected chi connectivity index (χ0v) is 14.9. The lowest BCUT2D eigenvalue weighted by atomic mass is 10.2. The zero-order chi connectivity index (χ0) is 19.2. The van der Waals surface area contributed by atoms with Crippen LogP contribution in [-0.4, -0.2) is 48.5 Å². The van der Waals surface area contributed by atoms with Gasteiger partial charge < -0.3 is 20.3 Å². The van der Waals surface area contributed by atoms with E-state index in [1.165, 1.54) is 0 Å². The number of aromatic nitrogens is 2. The maximum atomic E-state index is 12.3. The standard InChI is InChI=1S/C18H21F2N5O2/c1-27-13-6-4-12(5-7-13)23-16-8-9-21-18(24-16)25-10-2-3-14(25)17(26)22-11-15(19)20/h4-9,14-15H,2-3,10-11H2,1H3,(H,22,26)(H,21,23,24). The minimum absolute atomic E-state index is 0.392. The summed E-state index contributed by atoms with van der Waals surface area (Å²) in [6, 6.07) is 8.55. The van der Waals surface area contributed by atoms with Crippen LogP contribution in [0.1, 0.15) is 12.8 Å². The molecule has 144 valence electrons. The van der Waals surface area contributed by atoms with Gasteiger partial charge in [-0.1, -0.05) is 0 Å². The number of halogens is 2. The Hall–Kier alpha value is -2.97. The van der Waals surface area contributed by atoms with Gasteiger partial charge in [-0.15, -0.1) is 0 Å². The number of nitrogens with zero attached hydrogens (tertiary/aromatic N) is 3. The lowest BCUT2D eigenvalue weighted by Crippen LogP contribution is -2.45. The molecule has 9 heteroatoms. The highest BCUT2D eigenvalue weighted by Crippen LogP contribution is 2.25. The molecule has 7 nitrogen and oxygen atoms in total. The summed E-state index contributed by atoms with van der Waals surface area (Å²) >= 11 is 0. The van der Waals surface area contributed by atoms with Crippen LogP contribution in [0.15, 0.2) is 36.5 Å². The van der Waals surface area contributed by atoms with Crippen molar-refractivity contribution in [1.29, 1.82) is 0 Å². The lowest BCUT2D eigenvalue weighted by Gasteiger charge is -2.24. The monoisotopic (exact) mass is 377 g/mol. The van der Waals surface area contributed by atoms with E-state index in [4.69, 9.17) is 4.74 Å². The van der Waals surface area contributed by atoms with Gasteiger partial charge >= 0.3 is 0 Å². The van der Waals surface area contributed by atoms with Crippen LogP contribution in [0.3, 0.4) is 0 Å². The average Bonchev–Trinajstić information content (AvgIpc) is 3.17. The Balaban J connectivity index is 1.70. The summed E-state index contributed by atoms with van der Waals surface area (Å²) in [5.41, 5.74) is 0.827. The highest BCUT2D eigenvalue weighted by molar-refractivity contribution is 5.85. The molecule has 3 rings (SSSR count). The van der Waals surface area contributed by atoms with Crippen LogP contribution in [0.5, 0.6) is 5.75 Å². The van der Waals surface area contributed by atoms with Crippen LogP contribution in [0.4, 0.5) is 26.2 Å². The van der Waals surface area contributed by atoms with Crippen molar-refractivity contribution >= 4 is 23.4 Å². The van der Waals surface area contributed by atoms with E-state index < -0.39 is 24.9 Å². The number of methoxy groups -OCH3 is 1. The van der Waals surface area contributed by atoms with E-state index in [-0.39, 0.29) is 0 Å². The number of anilines is 3. The molecule has 2 aromatic rings. The van der Waals surface area contributed by atoms with Gasteiger partial charge in [-0.2, -0.15) is 4.98 Å². The number of carbonyl (C=O) groups is 1. The SMILES string of the molecule is COc1ccc(Nc2ccnc(N3CCCC3C(=O)NCC(F)F)n2)cc1. The molecule has 1 atom stereocenters. The third-order valence-corrected chi connectivity index (χ3v) is 4.25. The number of benzene rings is 1. The van der Waals surface area contributed by atoms with E-state index in [1.807, 2.05) is 24.3 Å². The van der Waals surface area contributed by atoms with Crippen LogP contribution < -0.4 is 20.3 Å². The van der Waals surface area contributed by atoms with Crippen molar-refractivity contribution in [1.82, 2.24) is 15.3 Å². The molecule has 0 spiro atoms. The van der Waals surface area contributed by atoms with E-state index in [1.54, 1.807) is 24.3 Å². The van der Waals surface area contributed by atoms with Gasteiger partial charge in [0.1, 0.15) is 17.6 Å². The molecule has 1 aromatic heterocycles. The molecule has 2 heterocycles. The summed E-state index contributed by atoms with van der Waals surface area (Å²) in [4.78, 5) is 22.7. The second-order valence-electron chi connectivity index (χ2n) is 6.08. The van der Waals surface area contributed by atoms with Gasteiger partial charge in [-0.05, 0) is 43.2 Å². The van der Waals surface area contributed by atoms with E-state index in [2.05, 4.69) is 20.6 Å². The Labute approximate surface area is 155 Å². The maximum Gasteiger partial charge on any atom is 0.255 e. The van der Waals surface area contributed by atoms with Gasteiger partial charge in [-0.3, -0.25) is 4.79 Å². The maximum absolute atomic E-state index is 12.3. The first kappa shape index (κ1) is 18.8. The predicted molar refractivity (Wildman–Crippen MR) is 97.7 cm³/mol. The third-order valence-electron chi connectivity index (χ3n) is 4.25. The quantitative estimate of drug-likeness (QED) is 0.772. The summed E-state index contributed by atoms with van der Waals surface area (Å²) in [7, 11) is 1.60. The molecular weight excluding hydrogens is 356 g/mol. The van der Waals surface area contributed by atoms with Crippen molar-refractivity contribution in [2.24, 2.45) is 0 Å². The van der Waals surface area contributed by atoms with Crippen LogP contribution in [0, 0.1) is 0 Å². The molecule has 0 aliphatic carbocycles. The van der Waals surface area contributed by atoms with Crippen molar-refractivity contribution < 1.29 is 18.3 Å². The fourth-order valence-corrected chi connectivity index (χ4v) is 2.95. The minimum atomic E-state index is -2.57. The molecule has 0 saturated carbocycles. The van der Waals surface area contributed by atoms with Crippen LogP contribution >= 0.6 is 0 Å². The number of amides is 1. The van der Waals surface area contributed by atoms with E-state index in [0.29, 0.717) is 24.7 Å². The van der Waals surface area contributed by atoms with Gasteiger partial charge in [0.05, 0.1) is 13.7 Å². The molecule has 1 saturated heterocycles. The van der Waals surface area contributed by atoms with Crippen molar-refractivity contribution in [2.45, 2.75) is 25.3 Å². The number of hydrogen-bond donors (Lipinski definition) is 2. The van der Waals surface area contributed by atoms with Gasteiger partial charge in [0.2, 0.25) is 11.9 Å². The topological polar surface area (TPSA) is 79.4 Å². The summed E-state index contributed by atoms with van der Waals surface area (Å²) in [6.45, 7) is -0.0537. The van der Waals surface area contributed by atoms with Crippen LogP contribution in [-0.2, 0) is 4.79 Å². The highest BCUT2D eigenvalue weighted by atomic mass is 19.3. The Morgan fingerprint density at radius 1 is 1.33 bits per heavy atom. The fraction of sp³-hybridized carbons (Fsp3) is 0.389. The molecular formula is C18H21F2N5O2. The Bertz CT molecular complexity index is 773. The first-order chi connectivity index (χ1) is 13.1. The number of hydrogen-bond acceptors (Lipinski definition) is 6. The first-order valence-electron chi connectivity index (χ1n) is 8.63. The minimum Gasteiger partial charge on any atom is -0.497 e. The number of nitrogens with one attached hydrogen (secondary N) is 2. The van der Waals surface area contributed by atoms with Crippen LogP contribution in [0.25, 0.3) is 0 Å². The molecule has 1 fully saturated rings. The normalized spacial score (nSPS) is 16.4. The molecule has 0 bridgehead atoms. The Morgan fingerprint density at radius 2 is 2.11 bits per heavy atom. The summed E-state index contributed by atoms with van der Waals surface area (Å²) in [6.07, 6.45) is 0.374. The molecule has 1 aliphatic heterocycles. The number of ether oxygens (including phenoxy) is 1. The number of carbonyl (C=O) groups excluding carboxylic acids is 1. The highest BCUT2D eigenvalue weighted by Gasteiger charge is 2.32. The first-order valence-corrected chi connectivity index (χ1v) is 8.63. The van der Waals surface area contributed by atoms with Gasteiger partial charge in [0.15, 0.2) is 0 Å². The Kier molecular flexibility index (Phi) is 6.00. The smallest absolute Gasteiger partial charge is 0.255 e. The van der Waals surface area contributed by atoms with E-state index in [9.17, 15) is 13.6 Å². The summed E-state index contributed by atoms with van der Waals surface area (Å²) in [5, 5.41) is 5.45. The average molecular weight is 377 g/mol. The summed E-state index contributed by atoms with van der Waals surface area (Å²) in [5.74, 6) is 1.29. The third kappa shape index (κ3) is 4.81. The zero-order valence-electron chi connectivity index (χ0n) is 14.9. The lowest BCUT2D eigenvalue weighted by molar-refractivity contribution is -0.122. The molecule has 27 heavy (non-hydrogen) atoms. The van der Waals surface area contributed by atoms with Crippen molar-refractivity contribution in [2.75, 3.05) is 30.4 Å². The molecule has 2 N–H and O–H groups in total. The van der Waals surface area contributed by atoms with Gasteiger partial charge in [0, 0.05) is 18.4 Å². The molecule has 1 unspecified atom stereocenters. The number of rotatable bonds is 7. The molecule has 1 aromatic carbocycles. The van der Waals surface area contributed by atoms with Crippen LogP contribution in [0.2, 0.25) is 0 Å². The van der Waals surface area contributed by atoms with Gasteiger partial charge in [0.25, 0.3) is 6.43 Å². The van der Waals surface area contributed by atoms with Gasteiger partial charge in [-0.25, -0.2) is 13.8 Å². The predicted octanol–water partition coefficient (Wildman–Crippen LogP) is 2.58. The molecule has 0 radical (unpaired) electrons. The summed E-state index contributed by atoms with van der Waals surface area (Å²) < 4.78 is 29.8. The van der Waals surface area contributed by atoms with E-state index >= 15 is 0 Å². The second kappa shape index (κ2) is 8.61. The Morgan fingerprint density at radius 3 is 2.81 bits per heavy atom. The van der Waals surface area contributed by atoms with Crippen molar-refractivity contribution in [3.8, 4) is 5.75 Å². The van der Waals surface area contributed by atoms with E-state index in [0.717, 1.165) is 17.9 Å². The second-order valence-corrected chi connectivity index (χ2v) is 6.08. The fourth-order valence-electron chi connectivity index (χ4n) is 2.95.